The molecule has 0 unspecified atom stereocenters. The van der Waals surface area contributed by atoms with Crippen molar-refractivity contribution in [3.8, 4) is 11.4 Å². The Balaban J connectivity index is 2.03. The van der Waals surface area contributed by atoms with Gasteiger partial charge in [0, 0.05) is 19.7 Å². The van der Waals surface area contributed by atoms with Crippen LogP contribution >= 0.6 is 0 Å². The third kappa shape index (κ3) is 4.16. The average molecular weight is 316 g/mol. The number of hydrogen-bond donors (Lipinski definition) is 1. The van der Waals surface area contributed by atoms with Gasteiger partial charge in [0.25, 0.3) is 0 Å². The average Bonchev–Trinajstić information content (AvgIpc) is 3.01. The molecule has 1 amide bonds. The van der Waals surface area contributed by atoms with Crippen LogP contribution in [0, 0.1) is 0 Å². The van der Waals surface area contributed by atoms with Crippen molar-refractivity contribution >= 4 is 5.91 Å². The minimum absolute atomic E-state index is 0.00704. The van der Waals surface area contributed by atoms with Crippen LogP contribution in [0.25, 0.3) is 11.4 Å². The summed E-state index contributed by atoms with van der Waals surface area (Å²) in [5.41, 5.74) is 1.49. The fraction of sp³-hybridized carbons (Fsp3) is 0.471. The SMILES string of the molecule is CCc1ccc(-c2noc(CNC(C)(C)C(=O)N(C)C)n2)cc1. The van der Waals surface area contributed by atoms with E-state index in [1.54, 1.807) is 19.0 Å². The van der Waals surface area contributed by atoms with Crippen molar-refractivity contribution < 1.29 is 9.32 Å². The third-order valence-electron chi connectivity index (χ3n) is 3.71. The summed E-state index contributed by atoms with van der Waals surface area (Å²) < 4.78 is 5.26. The number of aryl methyl sites for hydroxylation is 1. The van der Waals surface area contributed by atoms with Gasteiger partial charge >= 0.3 is 0 Å². The van der Waals surface area contributed by atoms with E-state index in [4.69, 9.17) is 4.52 Å². The first kappa shape index (κ1) is 17.1. The molecule has 0 spiro atoms. The van der Waals surface area contributed by atoms with Crippen LogP contribution in [-0.4, -0.2) is 40.6 Å². The van der Waals surface area contributed by atoms with Crippen molar-refractivity contribution in [2.45, 2.75) is 39.3 Å². The van der Waals surface area contributed by atoms with Gasteiger partial charge in [0.2, 0.25) is 17.6 Å². The molecule has 1 aromatic carbocycles. The molecular weight excluding hydrogens is 292 g/mol. The molecule has 2 aromatic rings. The predicted octanol–water partition coefficient (Wildman–Crippen LogP) is 2.26. The largest absolute Gasteiger partial charge is 0.347 e. The number of nitrogens with zero attached hydrogens (tertiary/aromatic N) is 3. The topological polar surface area (TPSA) is 71.3 Å². The molecule has 0 aliphatic carbocycles. The molecule has 0 radical (unpaired) electrons. The summed E-state index contributed by atoms with van der Waals surface area (Å²) in [6.07, 6.45) is 0.997. The standard InChI is InChI=1S/C17H24N4O2/c1-6-12-7-9-13(10-8-12)15-19-14(23-20-15)11-18-17(2,3)16(22)21(4)5/h7-10,18H,6,11H2,1-5H3. The first-order valence-electron chi connectivity index (χ1n) is 7.72. The predicted molar refractivity (Wildman–Crippen MR) is 88.7 cm³/mol. The second-order valence-corrected chi connectivity index (χ2v) is 6.24. The quantitative estimate of drug-likeness (QED) is 0.885. The van der Waals surface area contributed by atoms with Crippen molar-refractivity contribution in [1.29, 1.82) is 0 Å². The first-order valence-corrected chi connectivity index (χ1v) is 7.72. The van der Waals surface area contributed by atoms with Crippen molar-refractivity contribution in [1.82, 2.24) is 20.4 Å². The summed E-state index contributed by atoms with van der Waals surface area (Å²) in [4.78, 5) is 18.0. The summed E-state index contributed by atoms with van der Waals surface area (Å²) in [5.74, 6) is 1.01. The Hall–Kier alpha value is -2.21. The number of carbonyl (C=O) groups is 1. The maximum atomic E-state index is 12.1. The molecule has 0 saturated carbocycles. The van der Waals surface area contributed by atoms with E-state index in [1.165, 1.54) is 5.56 Å². The molecule has 0 bridgehead atoms. The van der Waals surface area contributed by atoms with E-state index in [2.05, 4.69) is 34.5 Å². The van der Waals surface area contributed by atoms with Crippen LogP contribution in [0.1, 0.15) is 32.2 Å². The van der Waals surface area contributed by atoms with Gasteiger partial charge in [-0.3, -0.25) is 10.1 Å². The van der Waals surface area contributed by atoms with E-state index in [9.17, 15) is 4.79 Å². The van der Waals surface area contributed by atoms with Crippen molar-refractivity contribution in [2.24, 2.45) is 0 Å². The normalized spacial score (nSPS) is 11.5. The number of amides is 1. The number of rotatable bonds is 6. The zero-order chi connectivity index (χ0) is 17.0. The molecular formula is C17H24N4O2. The lowest BCUT2D eigenvalue weighted by Crippen LogP contribution is -2.51. The number of hydrogen-bond acceptors (Lipinski definition) is 5. The lowest BCUT2D eigenvalue weighted by Gasteiger charge is -2.27. The minimum Gasteiger partial charge on any atom is -0.347 e. The fourth-order valence-corrected chi connectivity index (χ4v) is 2.26. The molecule has 124 valence electrons. The van der Waals surface area contributed by atoms with Crippen LogP contribution in [-0.2, 0) is 17.8 Å². The van der Waals surface area contributed by atoms with E-state index in [0.717, 1.165) is 12.0 Å². The Morgan fingerprint density at radius 1 is 1.26 bits per heavy atom. The molecule has 0 saturated heterocycles. The second-order valence-electron chi connectivity index (χ2n) is 6.24. The van der Waals surface area contributed by atoms with Crippen molar-refractivity contribution in [3.05, 3.63) is 35.7 Å². The second kappa shape index (κ2) is 6.91. The highest BCUT2D eigenvalue weighted by atomic mass is 16.5. The summed E-state index contributed by atoms with van der Waals surface area (Å²) in [6, 6.07) is 8.09. The summed E-state index contributed by atoms with van der Waals surface area (Å²) in [6.45, 7) is 6.11. The molecule has 0 aliphatic rings. The molecule has 6 nitrogen and oxygen atoms in total. The van der Waals surface area contributed by atoms with Gasteiger partial charge in [0.1, 0.15) is 0 Å². The number of aromatic nitrogens is 2. The first-order chi connectivity index (χ1) is 10.8. The fourth-order valence-electron chi connectivity index (χ4n) is 2.26. The third-order valence-corrected chi connectivity index (χ3v) is 3.71. The smallest absolute Gasteiger partial charge is 0.241 e. The number of likely N-dealkylation sites (N-methyl/N-ethyl adjacent to an activating group) is 1. The Bertz CT molecular complexity index is 659. The molecule has 0 atom stereocenters. The highest BCUT2D eigenvalue weighted by Gasteiger charge is 2.29. The van der Waals surface area contributed by atoms with E-state index in [-0.39, 0.29) is 5.91 Å². The molecule has 1 heterocycles. The van der Waals surface area contributed by atoms with E-state index in [1.807, 2.05) is 26.0 Å². The Kier molecular flexibility index (Phi) is 5.15. The molecule has 0 aliphatic heterocycles. The monoisotopic (exact) mass is 316 g/mol. The molecule has 2 rings (SSSR count). The van der Waals surface area contributed by atoms with Crippen LogP contribution < -0.4 is 5.32 Å². The molecule has 1 aromatic heterocycles. The highest BCUT2D eigenvalue weighted by Crippen LogP contribution is 2.17. The minimum atomic E-state index is -0.694. The zero-order valence-corrected chi connectivity index (χ0v) is 14.4. The van der Waals surface area contributed by atoms with Gasteiger partial charge < -0.3 is 9.42 Å². The van der Waals surface area contributed by atoms with Crippen LogP contribution in [0.5, 0.6) is 0 Å². The van der Waals surface area contributed by atoms with Crippen LogP contribution in [0.3, 0.4) is 0 Å². The maximum absolute atomic E-state index is 12.1. The van der Waals surface area contributed by atoms with Gasteiger partial charge in [-0.15, -0.1) is 0 Å². The molecule has 6 heteroatoms. The van der Waals surface area contributed by atoms with Crippen molar-refractivity contribution in [2.75, 3.05) is 14.1 Å². The van der Waals surface area contributed by atoms with Crippen molar-refractivity contribution in [3.63, 3.8) is 0 Å². The van der Waals surface area contributed by atoms with Crippen LogP contribution in [0.15, 0.2) is 28.8 Å². The van der Waals surface area contributed by atoms with Gasteiger partial charge in [-0.25, -0.2) is 0 Å². The molecule has 0 fully saturated rings. The number of nitrogens with one attached hydrogen (secondary N) is 1. The Morgan fingerprint density at radius 3 is 2.48 bits per heavy atom. The number of benzene rings is 1. The summed E-state index contributed by atoms with van der Waals surface area (Å²) in [7, 11) is 3.47. The van der Waals surface area contributed by atoms with E-state index < -0.39 is 5.54 Å². The van der Waals surface area contributed by atoms with Crippen LogP contribution in [0.4, 0.5) is 0 Å². The Labute approximate surface area is 136 Å². The molecule has 1 N–H and O–H groups in total. The Morgan fingerprint density at radius 2 is 1.91 bits per heavy atom. The maximum Gasteiger partial charge on any atom is 0.241 e. The van der Waals surface area contributed by atoms with Crippen LogP contribution in [0.2, 0.25) is 0 Å². The summed E-state index contributed by atoms with van der Waals surface area (Å²) >= 11 is 0. The lowest BCUT2D eigenvalue weighted by atomic mass is 10.0. The van der Waals surface area contributed by atoms with Gasteiger partial charge in [-0.1, -0.05) is 36.3 Å². The zero-order valence-electron chi connectivity index (χ0n) is 14.4. The summed E-state index contributed by atoms with van der Waals surface area (Å²) in [5, 5.41) is 7.15. The lowest BCUT2D eigenvalue weighted by molar-refractivity contribution is -0.134. The van der Waals surface area contributed by atoms with Gasteiger partial charge in [-0.2, -0.15) is 4.98 Å². The van der Waals surface area contributed by atoms with Gasteiger partial charge in [0.15, 0.2) is 0 Å². The number of carbonyl (C=O) groups excluding carboxylic acids is 1. The highest BCUT2D eigenvalue weighted by molar-refractivity contribution is 5.85. The van der Waals surface area contributed by atoms with Gasteiger partial charge in [-0.05, 0) is 25.8 Å². The van der Waals surface area contributed by atoms with E-state index >= 15 is 0 Å². The van der Waals surface area contributed by atoms with E-state index in [0.29, 0.717) is 18.3 Å². The van der Waals surface area contributed by atoms with Gasteiger partial charge in [0.05, 0.1) is 12.1 Å². The molecule has 23 heavy (non-hydrogen) atoms.